The molecule has 1 aromatic rings. The van der Waals surface area contributed by atoms with E-state index in [0.717, 1.165) is 6.92 Å². The van der Waals surface area contributed by atoms with Crippen LogP contribution in [0.3, 0.4) is 0 Å². The van der Waals surface area contributed by atoms with Crippen LogP contribution in [0.4, 0.5) is 0 Å². The van der Waals surface area contributed by atoms with Crippen molar-refractivity contribution in [3.63, 3.8) is 0 Å². The van der Waals surface area contributed by atoms with Gasteiger partial charge in [0.1, 0.15) is 18.2 Å². The van der Waals surface area contributed by atoms with Crippen LogP contribution in [-0.4, -0.2) is 53.4 Å². The summed E-state index contributed by atoms with van der Waals surface area (Å²) in [5.41, 5.74) is -2.14. The van der Waals surface area contributed by atoms with Crippen LogP contribution in [0, 0.1) is 5.89 Å². The SMILES string of the molecule is [2H]c1c([2H])c([2H])c2c(c1[2H])C([2H])([2H])CN(C([2H])([2H])[2H])C(=O)[C@@]2([2H])NC(=O)[C@H](C)NC(=O)[C@@H](O)C([2H])(C([2H])([2H])[2H])C([2H])([2H])[2H]. The van der Waals surface area contributed by atoms with Gasteiger partial charge in [-0.3, -0.25) is 14.4 Å². The van der Waals surface area contributed by atoms with Crippen molar-refractivity contribution >= 4 is 17.7 Å². The van der Waals surface area contributed by atoms with Crippen molar-refractivity contribution in [1.29, 1.82) is 0 Å². The standard InChI is InChI=1S/C19H27N3O4/c1-11(2)16(23)18(25)20-12(3)17(24)21-15-14-8-6-5-7-13(14)9-10-22(4)19(15)26/h5-8,11-12,15-16,23H,9-10H2,1-4H3,(H,20,25)(H,21,24)/t12-,15-,16-/m0/s1/i1D3,2D3,4D3,5D,6D,7D,8D,9D2,11D,15D. The molecule has 1 heterocycles. The van der Waals surface area contributed by atoms with Crippen LogP contribution in [0.25, 0.3) is 0 Å². The maximum absolute atomic E-state index is 13.5. The van der Waals surface area contributed by atoms with Crippen molar-refractivity contribution in [3.05, 3.63) is 35.3 Å². The zero-order chi connectivity index (χ0) is 34.0. The number of carbonyl (C=O) groups excluding carboxylic acids is 3. The molecule has 0 bridgehead atoms. The van der Waals surface area contributed by atoms with Gasteiger partial charge < -0.3 is 20.6 Å². The van der Waals surface area contributed by atoms with Crippen LogP contribution in [0.5, 0.6) is 0 Å². The van der Waals surface area contributed by atoms with Gasteiger partial charge in [-0.15, -0.1) is 0 Å². The van der Waals surface area contributed by atoms with Gasteiger partial charge in [-0.25, -0.2) is 0 Å². The number of nitrogens with one attached hydrogen (secondary N) is 2. The molecule has 1 aromatic carbocycles. The molecule has 7 heteroatoms. The number of benzene rings is 1. The molecule has 0 unspecified atom stereocenters. The number of aliphatic hydroxyl groups excluding tert-OH is 1. The van der Waals surface area contributed by atoms with E-state index in [1.54, 1.807) is 10.6 Å². The summed E-state index contributed by atoms with van der Waals surface area (Å²) in [6.07, 6.45) is -6.09. The average Bonchev–Trinajstić information content (AvgIpc) is 2.90. The molecule has 0 saturated heterocycles. The first-order valence-electron chi connectivity index (χ1n) is 15.7. The molecule has 0 fully saturated rings. The first-order chi connectivity index (χ1) is 19.0. The van der Waals surface area contributed by atoms with Crippen LogP contribution < -0.4 is 10.6 Å². The second-order valence-corrected chi connectivity index (χ2v) is 5.23. The summed E-state index contributed by atoms with van der Waals surface area (Å²) in [6.45, 7) is -11.4. The highest BCUT2D eigenvalue weighted by atomic mass is 16.3. The van der Waals surface area contributed by atoms with Crippen LogP contribution in [0.1, 0.15) is 61.1 Å². The van der Waals surface area contributed by atoms with E-state index in [1.165, 1.54) is 0 Å². The van der Waals surface area contributed by atoms with Gasteiger partial charge in [0.05, 0.1) is 6.85 Å². The third-order valence-electron chi connectivity index (χ3n) is 3.33. The molecular weight excluding hydrogens is 334 g/mol. The molecule has 3 N–H and O–H groups in total. The highest BCUT2D eigenvalue weighted by Crippen LogP contribution is 2.24. The molecule has 0 spiro atoms. The maximum atomic E-state index is 13.5. The highest BCUT2D eigenvalue weighted by molar-refractivity contribution is 5.93. The molecule has 2 rings (SSSR count). The van der Waals surface area contributed by atoms with Gasteiger partial charge in [-0.1, -0.05) is 37.9 Å². The smallest absolute Gasteiger partial charge is 0.249 e. The lowest BCUT2D eigenvalue weighted by Gasteiger charge is -2.24. The van der Waals surface area contributed by atoms with Crippen LogP contribution in [0.2, 0.25) is 0 Å². The minimum Gasteiger partial charge on any atom is -0.383 e. The van der Waals surface area contributed by atoms with Crippen molar-refractivity contribution in [2.45, 2.75) is 45.2 Å². The second-order valence-electron chi connectivity index (χ2n) is 5.23. The number of nitrogens with zero attached hydrogens (tertiary/aromatic N) is 1. The lowest BCUT2D eigenvalue weighted by atomic mass is 9.99. The van der Waals surface area contributed by atoms with Crippen LogP contribution in [-0.2, 0) is 20.8 Å². The number of hydrogen-bond donors (Lipinski definition) is 3. The third kappa shape index (κ3) is 4.40. The van der Waals surface area contributed by atoms with E-state index in [2.05, 4.69) is 0 Å². The first kappa shape index (κ1) is 6.96. The number of rotatable bonds is 5. The Balaban J connectivity index is 2.66. The first-order valence-corrected chi connectivity index (χ1v) is 7.22. The van der Waals surface area contributed by atoms with Gasteiger partial charge >= 0.3 is 0 Å². The van der Waals surface area contributed by atoms with Crippen molar-refractivity contribution < 1.29 is 42.8 Å². The van der Waals surface area contributed by atoms with Gasteiger partial charge in [0.15, 0.2) is 0 Å². The highest BCUT2D eigenvalue weighted by Gasteiger charge is 2.32. The Kier molecular flexibility index (Phi) is 2.23. The summed E-state index contributed by atoms with van der Waals surface area (Å²) in [5, 5.41) is 13.8. The zero-order valence-corrected chi connectivity index (χ0v) is 13.5. The Hall–Kier alpha value is -2.41. The molecule has 142 valence electrons. The van der Waals surface area contributed by atoms with Crippen LogP contribution in [0.15, 0.2) is 24.2 Å². The topological polar surface area (TPSA) is 98.7 Å². The van der Waals surface area contributed by atoms with Gasteiger partial charge in [0.25, 0.3) is 0 Å². The molecule has 0 aliphatic carbocycles. The predicted molar refractivity (Wildman–Crippen MR) is 97.1 cm³/mol. The molecule has 1 aliphatic rings. The summed E-state index contributed by atoms with van der Waals surface area (Å²) in [6, 6.07) is -9.75. The fourth-order valence-electron chi connectivity index (χ4n) is 1.94. The summed E-state index contributed by atoms with van der Waals surface area (Å²) >= 11 is 0. The van der Waals surface area contributed by atoms with E-state index in [4.69, 9.17) is 23.3 Å². The van der Waals surface area contributed by atoms with Gasteiger partial charge in [-0.2, -0.15) is 0 Å². The Bertz CT molecular complexity index is 1310. The number of carbonyl (C=O) groups is 3. The Morgan fingerprint density at radius 3 is 2.88 bits per heavy atom. The number of likely N-dealkylation sites (N-methyl/N-ethyl adjacent to an activating group) is 1. The number of amides is 3. The lowest BCUT2D eigenvalue weighted by Crippen LogP contribution is -2.51. The molecule has 0 radical (unpaired) electrons. The minimum atomic E-state index is -3.78. The quantitative estimate of drug-likeness (QED) is 0.690. The lowest BCUT2D eigenvalue weighted by molar-refractivity contribution is -0.137. The second kappa shape index (κ2) is 8.31. The number of hydrogen-bond acceptors (Lipinski definition) is 4. The molecule has 7 nitrogen and oxygen atoms in total. The fourth-order valence-corrected chi connectivity index (χ4v) is 1.94. The molecule has 0 aromatic heterocycles. The van der Waals surface area contributed by atoms with E-state index < -0.39 is 111 Å². The third-order valence-corrected chi connectivity index (χ3v) is 3.33. The van der Waals surface area contributed by atoms with Crippen molar-refractivity contribution in [1.82, 2.24) is 15.5 Å². The molecule has 26 heavy (non-hydrogen) atoms. The zero-order valence-electron chi connectivity index (χ0n) is 30.5. The molecule has 1 aliphatic heterocycles. The average molecular weight is 379 g/mol. The van der Waals surface area contributed by atoms with Crippen molar-refractivity contribution in [2.24, 2.45) is 5.89 Å². The van der Waals surface area contributed by atoms with Gasteiger partial charge in [0.2, 0.25) is 17.7 Å². The molecule has 3 amide bonds. The van der Waals surface area contributed by atoms with E-state index >= 15 is 0 Å². The normalized spacial score (nSPS) is 35.5. The van der Waals surface area contributed by atoms with E-state index in [0.29, 0.717) is 0 Å². The van der Waals surface area contributed by atoms with E-state index in [1.807, 2.05) is 0 Å². The van der Waals surface area contributed by atoms with Crippen molar-refractivity contribution in [2.75, 3.05) is 13.5 Å². The summed E-state index contributed by atoms with van der Waals surface area (Å²) in [5.74, 6) is -9.04. The fraction of sp³-hybridized carbons (Fsp3) is 0.526. The number of fused-ring (bicyclic) bond motifs is 1. The monoisotopic (exact) mass is 378 g/mol. The van der Waals surface area contributed by atoms with Crippen LogP contribution >= 0.6 is 0 Å². The Morgan fingerprint density at radius 1 is 1.46 bits per heavy atom. The van der Waals surface area contributed by atoms with Gasteiger partial charge in [0, 0.05) is 30.0 Å². The number of aliphatic hydroxyl groups is 1. The minimum absolute atomic E-state index is 0.124. The maximum Gasteiger partial charge on any atom is 0.249 e. The Labute approximate surface area is 177 Å². The Morgan fingerprint density at radius 2 is 2.19 bits per heavy atom. The predicted octanol–water partition coefficient (Wildman–Crippen LogP) is 0.380. The summed E-state index contributed by atoms with van der Waals surface area (Å²) < 4.78 is 133. The molecular formula is C19H27N3O4. The van der Waals surface area contributed by atoms with Gasteiger partial charge in [-0.05, 0) is 30.3 Å². The van der Waals surface area contributed by atoms with E-state index in [-0.39, 0.29) is 4.90 Å². The van der Waals surface area contributed by atoms with Crippen molar-refractivity contribution in [3.8, 4) is 0 Å². The summed E-state index contributed by atoms with van der Waals surface area (Å²) in [7, 11) is 0. The molecule has 0 saturated carbocycles. The summed E-state index contributed by atoms with van der Waals surface area (Å²) in [4.78, 5) is 39.2. The molecule has 3 atom stereocenters. The largest absolute Gasteiger partial charge is 0.383 e. The van der Waals surface area contributed by atoms with E-state index in [9.17, 15) is 19.5 Å².